The van der Waals surface area contributed by atoms with Gasteiger partial charge in [-0.15, -0.1) is 6.58 Å². The van der Waals surface area contributed by atoms with E-state index in [1.165, 1.54) is 56.8 Å². The Kier molecular flexibility index (Phi) is 6.15. The Morgan fingerprint density at radius 3 is 2.90 bits per heavy atom. The second-order valence-corrected chi connectivity index (χ2v) is 8.86. The molecule has 0 spiro atoms. The number of hydrogen-bond donors (Lipinski definition) is 1. The van der Waals surface area contributed by atoms with Gasteiger partial charge < -0.3 is 5.09 Å². The Bertz CT molecular complexity index is 338. The maximum absolute atomic E-state index is 4.42. The average Bonchev–Trinajstić information content (AvgIpc) is 2.99. The van der Waals surface area contributed by atoms with Crippen LogP contribution in [0.5, 0.6) is 0 Å². The third-order valence-electron chi connectivity index (χ3n) is 5.41. The van der Waals surface area contributed by atoms with Gasteiger partial charge in [0.2, 0.25) is 0 Å². The molecule has 1 N–H and O–H groups in total. The second kappa shape index (κ2) is 7.64. The molecular weight excluding hydrogens is 261 g/mol. The minimum absolute atomic E-state index is 0.0604. The highest BCUT2D eigenvalue weighted by Gasteiger charge is 2.45. The van der Waals surface area contributed by atoms with Crippen molar-refractivity contribution < 1.29 is 0 Å². The molecule has 5 atom stereocenters. The highest BCUT2D eigenvalue weighted by molar-refractivity contribution is 7.54. The predicted molar refractivity (Wildman–Crippen MR) is 92.1 cm³/mol. The molecule has 0 aromatic rings. The number of nitrogens with one attached hydrogen (secondary N) is 1. The lowest BCUT2D eigenvalue weighted by molar-refractivity contribution is 0.323. The smallest absolute Gasteiger partial charge is 0.0101 e. The molecule has 0 bridgehead atoms. The SMILES string of the molecule is C=CCC1C(C(=C)NP(C)CCCC)CC2CCCC21. The molecule has 2 fully saturated rings. The summed E-state index contributed by atoms with van der Waals surface area (Å²) in [6.45, 7) is 13.0. The van der Waals surface area contributed by atoms with Crippen LogP contribution in [0.15, 0.2) is 24.9 Å². The van der Waals surface area contributed by atoms with Crippen molar-refractivity contribution in [3.63, 3.8) is 0 Å². The lowest BCUT2D eigenvalue weighted by atomic mass is 9.84. The van der Waals surface area contributed by atoms with Gasteiger partial charge in [-0.05, 0) is 64.3 Å². The Morgan fingerprint density at radius 1 is 1.40 bits per heavy atom. The van der Waals surface area contributed by atoms with Crippen LogP contribution in [0.2, 0.25) is 0 Å². The molecule has 0 saturated heterocycles. The van der Waals surface area contributed by atoms with Crippen molar-refractivity contribution >= 4 is 8.07 Å². The van der Waals surface area contributed by atoms with Crippen LogP contribution in [0, 0.1) is 23.7 Å². The van der Waals surface area contributed by atoms with Crippen molar-refractivity contribution in [1.82, 2.24) is 5.09 Å². The van der Waals surface area contributed by atoms with Crippen molar-refractivity contribution in [3.05, 3.63) is 24.9 Å². The Hall–Kier alpha value is -0.290. The molecule has 0 amide bonds. The van der Waals surface area contributed by atoms with Crippen LogP contribution >= 0.6 is 8.07 Å². The van der Waals surface area contributed by atoms with Gasteiger partial charge in [0, 0.05) is 11.6 Å². The van der Waals surface area contributed by atoms with Gasteiger partial charge in [0.25, 0.3) is 0 Å². The van der Waals surface area contributed by atoms with Gasteiger partial charge in [-0.2, -0.15) is 0 Å². The fourth-order valence-electron chi connectivity index (χ4n) is 4.43. The summed E-state index contributed by atoms with van der Waals surface area (Å²) in [7, 11) is -0.0604. The molecule has 0 aliphatic heterocycles. The molecule has 2 rings (SSSR count). The van der Waals surface area contributed by atoms with Crippen LogP contribution in [0.1, 0.15) is 51.9 Å². The van der Waals surface area contributed by atoms with E-state index < -0.39 is 0 Å². The normalized spacial score (nSPS) is 33.7. The number of rotatable bonds is 8. The van der Waals surface area contributed by atoms with Gasteiger partial charge in [-0.25, -0.2) is 0 Å². The van der Waals surface area contributed by atoms with E-state index in [4.69, 9.17) is 0 Å². The van der Waals surface area contributed by atoms with Gasteiger partial charge in [-0.3, -0.25) is 0 Å². The van der Waals surface area contributed by atoms with Crippen LogP contribution in [0.3, 0.4) is 0 Å². The van der Waals surface area contributed by atoms with E-state index in [2.05, 4.69) is 37.9 Å². The molecule has 2 heteroatoms. The van der Waals surface area contributed by atoms with E-state index in [0.717, 1.165) is 17.8 Å². The summed E-state index contributed by atoms with van der Waals surface area (Å²) in [5.41, 5.74) is 1.34. The molecule has 2 saturated carbocycles. The first kappa shape index (κ1) is 16.1. The standard InChI is InChI=1S/C18H32NP/c1-5-7-12-20(4)19-14(3)18-13-15-10-8-11-16(15)17(18)9-6-2/h6,15-19H,2-3,5,7-13H2,1,4H3. The molecule has 2 aliphatic carbocycles. The first-order valence-corrected chi connectivity index (χ1v) is 10.4. The lowest BCUT2D eigenvalue weighted by Crippen LogP contribution is -2.22. The molecule has 0 aromatic carbocycles. The van der Waals surface area contributed by atoms with Crippen LogP contribution in [0.4, 0.5) is 0 Å². The third-order valence-corrected chi connectivity index (χ3v) is 7.07. The second-order valence-electron chi connectivity index (χ2n) is 6.80. The zero-order valence-electron chi connectivity index (χ0n) is 13.4. The molecule has 114 valence electrons. The Balaban J connectivity index is 1.92. The molecule has 5 unspecified atom stereocenters. The molecular formula is C18H32NP. The maximum atomic E-state index is 4.42. The Labute approximate surface area is 127 Å². The summed E-state index contributed by atoms with van der Waals surface area (Å²) in [5.74, 6) is 3.45. The van der Waals surface area contributed by atoms with Crippen molar-refractivity contribution in [1.29, 1.82) is 0 Å². The van der Waals surface area contributed by atoms with E-state index in [9.17, 15) is 0 Å². The van der Waals surface area contributed by atoms with Crippen LogP contribution in [0.25, 0.3) is 0 Å². The maximum Gasteiger partial charge on any atom is 0.0101 e. The van der Waals surface area contributed by atoms with Crippen molar-refractivity contribution in [2.75, 3.05) is 12.8 Å². The highest BCUT2D eigenvalue weighted by Crippen LogP contribution is 2.54. The first-order chi connectivity index (χ1) is 9.67. The van der Waals surface area contributed by atoms with Gasteiger partial charge in [-0.1, -0.05) is 38.8 Å². The summed E-state index contributed by atoms with van der Waals surface area (Å²) in [4.78, 5) is 0. The molecule has 0 aromatic heterocycles. The van der Waals surface area contributed by atoms with Gasteiger partial charge in [0.1, 0.15) is 0 Å². The summed E-state index contributed by atoms with van der Waals surface area (Å²) in [6, 6.07) is 0. The number of allylic oxidation sites excluding steroid dienone is 2. The van der Waals surface area contributed by atoms with Gasteiger partial charge >= 0.3 is 0 Å². The summed E-state index contributed by atoms with van der Waals surface area (Å²) < 4.78 is 0. The summed E-state index contributed by atoms with van der Waals surface area (Å²) in [6.07, 6.45) is 13.0. The van der Waals surface area contributed by atoms with Crippen LogP contribution in [-0.4, -0.2) is 12.8 Å². The van der Waals surface area contributed by atoms with E-state index in [-0.39, 0.29) is 8.07 Å². The quantitative estimate of drug-likeness (QED) is 0.457. The largest absolute Gasteiger partial charge is 0.368 e. The van der Waals surface area contributed by atoms with E-state index in [1.54, 1.807) is 0 Å². The van der Waals surface area contributed by atoms with E-state index >= 15 is 0 Å². The minimum Gasteiger partial charge on any atom is -0.368 e. The monoisotopic (exact) mass is 293 g/mol. The fourth-order valence-corrected chi connectivity index (χ4v) is 5.99. The first-order valence-electron chi connectivity index (χ1n) is 8.44. The van der Waals surface area contributed by atoms with Crippen LogP contribution < -0.4 is 5.09 Å². The zero-order valence-corrected chi connectivity index (χ0v) is 14.3. The molecule has 2 aliphatic rings. The number of unbranched alkanes of at least 4 members (excludes halogenated alkanes) is 1. The highest BCUT2D eigenvalue weighted by atomic mass is 31.1. The predicted octanol–water partition coefficient (Wildman–Crippen LogP) is 5.55. The van der Waals surface area contributed by atoms with Crippen molar-refractivity contribution in [3.8, 4) is 0 Å². The van der Waals surface area contributed by atoms with Crippen LogP contribution in [-0.2, 0) is 0 Å². The van der Waals surface area contributed by atoms with Crippen molar-refractivity contribution in [2.24, 2.45) is 23.7 Å². The topological polar surface area (TPSA) is 12.0 Å². The molecule has 1 nitrogen and oxygen atoms in total. The lowest BCUT2D eigenvalue weighted by Gasteiger charge is -2.27. The third kappa shape index (κ3) is 3.67. The fraction of sp³-hybridized carbons (Fsp3) is 0.778. The number of hydrogen-bond acceptors (Lipinski definition) is 1. The molecule has 20 heavy (non-hydrogen) atoms. The summed E-state index contributed by atoms with van der Waals surface area (Å²) >= 11 is 0. The molecule has 0 heterocycles. The summed E-state index contributed by atoms with van der Waals surface area (Å²) in [5, 5.41) is 3.77. The number of fused-ring (bicyclic) bond motifs is 1. The average molecular weight is 293 g/mol. The molecule has 0 radical (unpaired) electrons. The van der Waals surface area contributed by atoms with Crippen molar-refractivity contribution in [2.45, 2.75) is 51.9 Å². The van der Waals surface area contributed by atoms with Gasteiger partial charge in [0.15, 0.2) is 0 Å². The van der Waals surface area contributed by atoms with Gasteiger partial charge in [0.05, 0.1) is 0 Å². The Morgan fingerprint density at radius 2 is 2.20 bits per heavy atom. The van der Waals surface area contributed by atoms with E-state index in [1.807, 2.05) is 0 Å². The van der Waals surface area contributed by atoms with E-state index in [0.29, 0.717) is 5.92 Å². The zero-order chi connectivity index (χ0) is 14.5. The minimum atomic E-state index is -0.0604.